The summed E-state index contributed by atoms with van der Waals surface area (Å²) in [5.74, 6) is 0.604. The minimum absolute atomic E-state index is 0. The van der Waals surface area contributed by atoms with Crippen molar-refractivity contribution in [2.24, 2.45) is 0 Å². The van der Waals surface area contributed by atoms with Crippen LogP contribution in [0.3, 0.4) is 0 Å². The summed E-state index contributed by atoms with van der Waals surface area (Å²) in [7, 11) is -0.0113. The molecule has 0 N–H and O–H groups in total. The fraction of sp³-hybridized carbons (Fsp3) is 0.158. The molecule has 7 nitrogen and oxygen atoms in total. The van der Waals surface area contributed by atoms with Crippen LogP contribution in [-0.2, 0) is 16.6 Å². The second-order valence-electron chi connectivity index (χ2n) is 6.04. The van der Waals surface area contributed by atoms with Gasteiger partial charge in [0, 0.05) is 29.3 Å². The van der Waals surface area contributed by atoms with Crippen molar-refractivity contribution in [3.05, 3.63) is 71.5 Å². The van der Waals surface area contributed by atoms with Gasteiger partial charge in [-0.15, -0.1) is 0 Å². The average molecular weight is 404 g/mol. The van der Waals surface area contributed by atoms with E-state index in [1.807, 2.05) is 47.3 Å². The molecule has 3 heterocycles. The van der Waals surface area contributed by atoms with E-state index in [1.165, 1.54) is 13.3 Å². The van der Waals surface area contributed by atoms with E-state index in [0.717, 1.165) is 5.69 Å². The smallest absolute Gasteiger partial charge is 0.618 e. The standard InChI is InChI=1S/C19H17N4O3S.Na/c1-13-17(23(24)10-7-18(13)26-2)12-27(25)19-20-15-6-5-14(11-16(15)21-19)22-8-3-4-9-22;/h3-11H,12H2,1-2H3;/q-1;+1. The van der Waals surface area contributed by atoms with Crippen molar-refractivity contribution in [3.8, 4) is 11.4 Å². The molecular formula is C19H17N4NaO3S. The summed E-state index contributed by atoms with van der Waals surface area (Å²) in [5, 5.41) is 12.3. The quantitative estimate of drug-likeness (QED) is 0.248. The third-order valence-corrected chi connectivity index (χ3v) is 5.54. The number of pyridine rings is 1. The molecule has 0 aliphatic rings. The maximum atomic E-state index is 12.8. The minimum Gasteiger partial charge on any atom is -0.618 e. The Bertz CT molecular complexity index is 1140. The van der Waals surface area contributed by atoms with Gasteiger partial charge in [-0.05, 0) is 42.2 Å². The van der Waals surface area contributed by atoms with Gasteiger partial charge in [0.25, 0.3) is 0 Å². The van der Waals surface area contributed by atoms with E-state index >= 15 is 0 Å². The number of nitrogens with zero attached hydrogens (tertiary/aromatic N) is 4. The Labute approximate surface area is 186 Å². The summed E-state index contributed by atoms with van der Waals surface area (Å²) in [6, 6.07) is 11.1. The molecule has 9 heteroatoms. The van der Waals surface area contributed by atoms with Gasteiger partial charge in [-0.3, -0.25) is 4.21 Å². The summed E-state index contributed by atoms with van der Waals surface area (Å²) in [4.78, 5) is 8.78. The molecule has 1 aromatic carbocycles. The molecule has 0 spiro atoms. The monoisotopic (exact) mass is 404 g/mol. The van der Waals surface area contributed by atoms with Crippen molar-refractivity contribution < 1.29 is 43.2 Å². The number of aromatic nitrogens is 4. The van der Waals surface area contributed by atoms with Gasteiger partial charge in [0.2, 0.25) is 5.69 Å². The zero-order valence-corrected chi connectivity index (χ0v) is 18.6. The van der Waals surface area contributed by atoms with Gasteiger partial charge in [0.1, 0.15) is 11.5 Å². The van der Waals surface area contributed by atoms with Crippen LogP contribution in [0.1, 0.15) is 11.3 Å². The van der Waals surface area contributed by atoms with Gasteiger partial charge in [-0.2, -0.15) is 4.73 Å². The predicted octanol–water partition coefficient (Wildman–Crippen LogP) is -0.755. The summed E-state index contributed by atoms with van der Waals surface area (Å²) in [5.41, 5.74) is 3.34. The fourth-order valence-corrected chi connectivity index (χ4v) is 4.06. The Morgan fingerprint density at radius 3 is 2.75 bits per heavy atom. The molecule has 4 rings (SSSR count). The van der Waals surface area contributed by atoms with Crippen molar-refractivity contribution in [2.75, 3.05) is 7.11 Å². The first-order valence-corrected chi connectivity index (χ1v) is 9.60. The van der Waals surface area contributed by atoms with E-state index in [1.54, 1.807) is 13.0 Å². The number of hydrogen-bond acceptors (Lipinski definition) is 4. The number of imidazole rings is 1. The molecule has 1 unspecified atom stereocenters. The Kier molecular flexibility index (Phi) is 6.24. The predicted molar refractivity (Wildman–Crippen MR) is 101 cm³/mol. The molecule has 1 atom stereocenters. The molecule has 4 aromatic rings. The molecule has 0 saturated carbocycles. The molecule has 3 aromatic heterocycles. The zero-order chi connectivity index (χ0) is 19.0. The van der Waals surface area contributed by atoms with E-state index in [0.29, 0.717) is 32.8 Å². The van der Waals surface area contributed by atoms with E-state index in [4.69, 9.17) is 4.74 Å². The number of ether oxygens (including phenoxy) is 1. The number of rotatable bonds is 5. The molecular weight excluding hydrogens is 387 g/mol. The Balaban J connectivity index is 0.00000225. The van der Waals surface area contributed by atoms with Gasteiger partial charge in [0.05, 0.1) is 23.5 Å². The van der Waals surface area contributed by atoms with Crippen molar-refractivity contribution in [1.82, 2.24) is 14.5 Å². The van der Waals surface area contributed by atoms with Crippen LogP contribution in [0.2, 0.25) is 0 Å². The summed E-state index contributed by atoms with van der Waals surface area (Å²) < 4.78 is 20.7. The van der Waals surface area contributed by atoms with Gasteiger partial charge < -0.3 is 24.5 Å². The number of hydrogen-bond donors (Lipinski definition) is 0. The van der Waals surface area contributed by atoms with Crippen molar-refractivity contribution in [1.29, 1.82) is 0 Å². The zero-order valence-electron chi connectivity index (χ0n) is 15.8. The SMILES string of the molecule is COc1cc[n+]([O-])c(CS(=O)c2nc3cc(-n4cccc4)ccc3[n-]2)c1C.[Na+]. The molecule has 0 bridgehead atoms. The number of benzene rings is 1. The summed E-state index contributed by atoms with van der Waals surface area (Å²) >= 11 is 0. The maximum Gasteiger partial charge on any atom is 1.00 e. The van der Waals surface area contributed by atoms with Crippen LogP contribution < -0.4 is 44.0 Å². The summed E-state index contributed by atoms with van der Waals surface area (Å²) in [6.07, 6.45) is 5.23. The molecule has 0 aliphatic heterocycles. The van der Waals surface area contributed by atoms with E-state index in [-0.39, 0.29) is 40.5 Å². The molecule has 0 aliphatic carbocycles. The molecule has 0 saturated heterocycles. The minimum atomic E-state index is -1.55. The van der Waals surface area contributed by atoms with Crippen LogP contribution in [0.25, 0.3) is 16.7 Å². The summed E-state index contributed by atoms with van der Waals surface area (Å²) in [6.45, 7) is 1.77. The van der Waals surface area contributed by atoms with E-state index in [9.17, 15) is 9.42 Å². The Hall–Kier alpha value is -2.13. The third-order valence-electron chi connectivity index (χ3n) is 4.41. The van der Waals surface area contributed by atoms with Crippen molar-refractivity contribution in [2.45, 2.75) is 17.8 Å². The third kappa shape index (κ3) is 3.86. The molecule has 0 amide bonds. The van der Waals surface area contributed by atoms with E-state index in [2.05, 4.69) is 9.97 Å². The van der Waals surface area contributed by atoms with Gasteiger partial charge >= 0.3 is 29.6 Å². The normalized spacial score (nSPS) is 11.9. The maximum absolute atomic E-state index is 12.8. The first-order valence-electron chi connectivity index (χ1n) is 8.28. The van der Waals surface area contributed by atoms with Crippen LogP contribution >= 0.6 is 0 Å². The average Bonchev–Trinajstić information content (AvgIpc) is 3.33. The molecule has 0 fully saturated rings. The number of methoxy groups -OCH3 is 1. The second kappa shape index (κ2) is 8.48. The second-order valence-corrected chi connectivity index (χ2v) is 7.39. The fourth-order valence-electron chi connectivity index (χ4n) is 2.94. The first kappa shape index (κ1) is 20.6. The molecule has 0 radical (unpaired) electrons. The number of fused-ring (bicyclic) bond motifs is 1. The van der Waals surface area contributed by atoms with E-state index < -0.39 is 10.8 Å². The van der Waals surface area contributed by atoms with Gasteiger partial charge in [-0.1, -0.05) is 6.07 Å². The van der Waals surface area contributed by atoms with Crippen LogP contribution in [0.4, 0.5) is 0 Å². The van der Waals surface area contributed by atoms with Crippen LogP contribution in [0.5, 0.6) is 5.75 Å². The Morgan fingerprint density at radius 1 is 1.29 bits per heavy atom. The van der Waals surface area contributed by atoms with Crippen molar-refractivity contribution >= 4 is 21.8 Å². The molecule has 28 heavy (non-hydrogen) atoms. The van der Waals surface area contributed by atoms with Crippen LogP contribution in [-0.4, -0.2) is 20.9 Å². The topological polar surface area (TPSA) is 85.2 Å². The molecule has 138 valence electrons. The van der Waals surface area contributed by atoms with Crippen LogP contribution in [0.15, 0.2) is 60.1 Å². The Morgan fingerprint density at radius 2 is 2.04 bits per heavy atom. The first-order chi connectivity index (χ1) is 13.1. The van der Waals surface area contributed by atoms with Gasteiger partial charge in [-0.25, -0.2) is 0 Å². The van der Waals surface area contributed by atoms with Crippen LogP contribution in [0, 0.1) is 12.1 Å². The largest absolute Gasteiger partial charge is 1.00 e. The van der Waals surface area contributed by atoms with Crippen molar-refractivity contribution in [3.63, 3.8) is 0 Å². The van der Waals surface area contributed by atoms with Gasteiger partial charge in [0.15, 0.2) is 6.20 Å².